The van der Waals surface area contributed by atoms with Gasteiger partial charge in [0.15, 0.2) is 5.60 Å². The first-order valence-corrected chi connectivity index (χ1v) is 9.57. The highest BCUT2D eigenvalue weighted by atomic mass is 35.5. The Hall–Kier alpha value is -2.61. The van der Waals surface area contributed by atoms with Crippen LogP contribution in [0.4, 0.5) is 8.78 Å². The van der Waals surface area contributed by atoms with Crippen molar-refractivity contribution in [3.05, 3.63) is 93.8 Å². The van der Waals surface area contributed by atoms with Crippen LogP contribution in [0.1, 0.15) is 10.6 Å². The number of thiazole rings is 1. The van der Waals surface area contributed by atoms with Crippen molar-refractivity contribution in [2.45, 2.75) is 12.1 Å². The minimum Gasteiger partial charge on any atom is -0.376 e. The maximum absolute atomic E-state index is 14.1. The van der Waals surface area contributed by atoms with E-state index < -0.39 is 17.2 Å². The van der Waals surface area contributed by atoms with Crippen LogP contribution in [0, 0.1) is 11.6 Å². The Morgan fingerprint density at radius 3 is 2.61 bits per heavy atom. The second-order valence-electron chi connectivity index (χ2n) is 6.26. The molecule has 28 heavy (non-hydrogen) atoms. The third-order valence-corrected chi connectivity index (χ3v) is 5.60. The lowest BCUT2D eigenvalue weighted by Gasteiger charge is -2.27. The molecule has 0 fully saturated rings. The van der Waals surface area contributed by atoms with E-state index in [-0.39, 0.29) is 12.1 Å². The van der Waals surface area contributed by atoms with Gasteiger partial charge in [-0.3, -0.25) is 0 Å². The number of aromatic nitrogens is 3. The Balaban J connectivity index is 1.79. The van der Waals surface area contributed by atoms with Gasteiger partial charge in [0, 0.05) is 34.4 Å². The third-order valence-electron chi connectivity index (χ3n) is 4.36. The number of rotatable bonds is 5. The first kappa shape index (κ1) is 18.7. The lowest BCUT2D eigenvalue weighted by molar-refractivity contribution is 0.0610. The van der Waals surface area contributed by atoms with E-state index >= 15 is 0 Å². The number of aliphatic hydroxyl groups is 1. The molecule has 1 unspecified atom stereocenters. The number of imidazole rings is 1. The quantitative estimate of drug-likeness (QED) is 0.503. The van der Waals surface area contributed by atoms with Crippen LogP contribution in [0.2, 0.25) is 5.02 Å². The van der Waals surface area contributed by atoms with Crippen molar-refractivity contribution in [2.24, 2.45) is 0 Å². The largest absolute Gasteiger partial charge is 0.376 e. The molecule has 4 nitrogen and oxygen atoms in total. The molecule has 0 radical (unpaired) electrons. The molecule has 2 aromatic heterocycles. The summed E-state index contributed by atoms with van der Waals surface area (Å²) in [6.07, 6.45) is 4.94. The zero-order valence-electron chi connectivity index (χ0n) is 14.4. The van der Waals surface area contributed by atoms with Crippen LogP contribution < -0.4 is 0 Å². The molecule has 0 aliphatic carbocycles. The summed E-state index contributed by atoms with van der Waals surface area (Å²) in [6.45, 7) is 0.160. The minimum atomic E-state index is -1.48. The first-order valence-electron chi connectivity index (χ1n) is 8.31. The summed E-state index contributed by atoms with van der Waals surface area (Å²) in [4.78, 5) is 8.47. The predicted molar refractivity (Wildman–Crippen MR) is 104 cm³/mol. The molecule has 4 rings (SSSR count). The summed E-state index contributed by atoms with van der Waals surface area (Å²) < 4.78 is 29.1. The molecule has 0 amide bonds. The van der Waals surface area contributed by atoms with Crippen molar-refractivity contribution < 1.29 is 13.9 Å². The van der Waals surface area contributed by atoms with Crippen molar-refractivity contribution in [1.82, 2.24) is 14.5 Å². The van der Waals surface area contributed by atoms with E-state index in [1.165, 1.54) is 23.5 Å². The minimum absolute atomic E-state index is 0.160. The maximum Gasteiger partial charge on any atom is 0.159 e. The van der Waals surface area contributed by atoms with Gasteiger partial charge >= 0.3 is 0 Å². The van der Waals surface area contributed by atoms with Crippen molar-refractivity contribution in [2.75, 3.05) is 0 Å². The van der Waals surface area contributed by atoms with Gasteiger partial charge in [-0.2, -0.15) is 0 Å². The summed E-state index contributed by atoms with van der Waals surface area (Å²) in [5, 5.41) is 14.2. The smallest absolute Gasteiger partial charge is 0.159 e. The van der Waals surface area contributed by atoms with Gasteiger partial charge in [0.25, 0.3) is 0 Å². The number of nitrogens with zero attached hydrogens (tertiary/aromatic N) is 3. The number of benzene rings is 2. The average Bonchev–Trinajstić information content (AvgIpc) is 3.34. The Kier molecular flexibility index (Phi) is 4.97. The van der Waals surface area contributed by atoms with E-state index in [0.717, 1.165) is 6.07 Å². The highest BCUT2D eigenvalue weighted by molar-refractivity contribution is 7.10. The van der Waals surface area contributed by atoms with Crippen molar-refractivity contribution in [3.63, 3.8) is 0 Å². The molecule has 0 aliphatic rings. The van der Waals surface area contributed by atoms with Crippen LogP contribution in [0.15, 0.2) is 66.6 Å². The standard InChI is InChI=1S/C20H14ClF2N3OS/c21-14-3-1-13(2-4-14)20(27,11-26-8-7-24-12-26)19-25-18(10-28-19)16-6-5-15(22)9-17(16)23/h1-10,12,27H,11H2. The highest BCUT2D eigenvalue weighted by Gasteiger charge is 2.35. The predicted octanol–water partition coefficient (Wildman–Crippen LogP) is 4.87. The van der Waals surface area contributed by atoms with Crippen molar-refractivity contribution in [1.29, 1.82) is 0 Å². The van der Waals surface area contributed by atoms with Crippen molar-refractivity contribution >= 4 is 22.9 Å². The number of halogens is 3. The molecule has 2 aromatic carbocycles. The topological polar surface area (TPSA) is 50.9 Å². The van der Waals surface area contributed by atoms with Gasteiger partial charge in [-0.25, -0.2) is 18.7 Å². The molecule has 8 heteroatoms. The molecular weight excluding hydrogens is 404 g/mol. The molecule has 1 atom stereocenters. The number of hydrogen-bond donors (Lipinski definition) is 1. The Morgan fingerprint density at radius 2 is 1.93 bits per heavy atom. The molecule has 2 heterocycles. The zero-order valence-corrected chi connectivity index (χ0v) is 16.0. The van der Waals surface area contributed by atoms with Crippen LogP contribution in [0.5, 0.6) is 0 Å². The SMILES string of the molecule is OC(Cn1ccnc1)(c1ccc(Cl)cc1)c1nc(-c2ccc(F)cc2F)cs1. The molecular formula is C20H14ClF2N3OS. The Labute approximate surface area is 168 Å². The van der Waals surface area contributed by atoms with Crippen LogP contribution in [0.25, 0.3) is 11.3 Å². The number of hydrogen-bond acceptors (Lipinski definition) is 4. The molecule has 0 spiro atoms. The summed E-state index contributed by atoms with van der Waals surface area (Å²) >= 11 is 7.18. The average molecular weight is 418 g/mol. The third kappa shape index (κ3) is 3.56. The lowest BCUT2D eigenvalue weighted by atomic mass is 9.94. The van der Waals surface area contributed by atoms with Crippen LogP contribution in [-0.2, 0) is 12.1 Å². The van der Waals surface area contributed by atoms with E-state index in [4.69, 9.17) is 11.6 Å². The van der Waals surface area contributed by atoms with E-state index in [2.05, 4.69) is 9.97 Å². The fraction of sp³-hybridized carbons (Fsp3) is 0.100. The molecule has 4 aromatic rings. The highest BCUT2D eigenvalue weighted by Crippen LogP contribution is 2.36. The van der Waals surface area contributed by atoms with E-state index in [9.17, 15) is 13.9 Å². The molecule has 1 N–H and O–H groups in total. The van der Waals surface area contributed by atoms with E-state index in [1.54, 1.807) is 52.9 Å². The van der Waals surface area contributed by atoms with Gasteiger partial charge in [-0.05, 0) is 29.8 Å². The van der Waals surface area contributed by atoms with Gasteiger partial charge in [0.1, 0.15) is 16.6 Å². The molecule has 0 saturated carbocycles. The molecule has 0 bridgehead atoms. The Morgan fingerprint density at radius 1 is 1.14 bits per heavy atom. The fourth-order valence-electron chi connectivity index (χ4n) is 2.94. The Bertz CT molecular complexity index is 1100. The van der Waals surface area contributed by atoms with Gasteiger partial charge in [-0.15, -0.1) is 11.3 Å². The van der Waals surface area contributed by atoms with Crippen LogP contribution in [0.3, 0.4) is 0 Å². The normalized spacial score (nSPS) is 13.4. The summed E-state index contributed by atoms with van der Waals surface area (Å²) in [5.41, 5.74) is -0.392. The second-order valence-corrected chi connectivity index (χ2v) is 7.56. The summed E-state index contributed by atoms with van der Waals surface area (Å²) in [6, 6.07) is 10.1. The fourth-order valence-corrected chi connectivity index (χ4v) is 3.99. The van der Waals surface area contributed by atoms with Crippen LogP contribution >= 0.6 is 22.9 Å². The maximum atomic E-state index is 14.1. The molecule has 0 saturated heterocycles. The second kappa shape index (κ2) is 7.43. The first-order chi connectivity index (χ1) is 13.5. The van der Waals surface area contributed by atoms with E-state index in [0.29, 0.717) is 21.3 Å². The monoisotopic (exact) mass is 417 g/mol. The summed E-state index contributed by atoms with van der Waals surface area (Å²) in [7, 11) is 0. The van der Waals surface area contributed by atoms with Gasteiger partial charge < -0.3 is 9.67 Å². The van der Waals surface area contributed by atoms with Gasteiger partial charge in [0.2, 0.25) is 0 Å². The molecule has 0 aliphatic heterocycles. The van der Waals surface area contributed by atoms with Crippen molar-refractivity contribution in [3.8, 4) is 11.3 Å². The van der Waals surface area contributed by atoms with Crippen LogP contribution in [-0.4, -0.2) is 19.6 Å². The lowest BCUT2D eigenvalue weighted by Crippen LogP contribution is -2.32. The van der Waals surface area contributed by atoms with E-state index in [1.807, 2.05) is 0 Å². The molecule has 142 valence electrons. The zero-order chi connectivity index (χ0) is 19.7. The van der Waals surface area contributed by atoms with Gasteiger partial charge in [-0.1, -0.05) is 23.7 Å². The van der Waals surface area contributed by atoms with Gasteiger partial charge in [0.05, 0.1) is 18.6 Å². The summed E-state index contributed by atoms with van der Waals surface area (Å²) in [5.74, 6) is -1.36.